The standard InChI is InChI=1S/C20H15F2N5O/c1-12-10-18(27-28-12)24-17-11-16(13-6-3-2-4-7-13)23-20(25-17)26-19-14(21)8-5-9-15(19)22/h2-11H,1H3,(H2,23,24,25,26,27). The molecule has 28 heavy (non-hydrogen) atoms. The molecule has 0 aliphatic heterocycles. The van der Waals surface area contributed by atoms with E-state index in [-0.39, 0.29) is 11.6 Å². The molecule has 0 aliphatic rings. The molecule has 0 unspecified atom stereocenters. The topological polar surface area (TPSA) is 75.9 Å². The Kier molecular flexibility index (Phi) is 4.67. The zero-order valence-corrected chi connectivity index (χ0v) is 14.8. The quantitative estimate of drug-likeness (QED) is 0.496. The molecule has 0 aliphatic carbocycles. The number of hydrogen-bond donors (Lipinski definition) is 2. The van der Waals surface area contributed by atoms with Crippen LogP contribution in [-0.2, 0) is 0 Å². The number of nitrogens with zero attached hydrogens (tertiary/aromatic N) is 3. The Balaban J connectivity index is 1.75. The second-order valence-electron chi connectivity index (χ2n) is 6.00. The molecule has 140 valence electrons. The highest BCUT2D eigenvalue weighted by atomic mass is 19.1. The van der Waals surface area contributed by atoms with Crippen molar-refractivity contribution in [1.29, 1.82) is 0 Å². The minimum absolute atomic E-state index is 0.0352. The van der Waals surface area contributed by atoms with Gasteiger partial charge in [-0.25, -0.2) is 13.8 Å². The number of para-hydroxylation sites is 1. The van der Waals surface area contributed by atoms with Crippen LogP contribution in [0.4, 0.5) is 32.1 Å². The third kappa shape index (κ3) is 3.80. The van der Waals surface area contributed by atoms with Gasteiger partial charge in [-0.1, -0.05) is 41.6 Å². The van der Waals surface area contributed by atoms with Gasteiger partial charge in [-0.05, 0) is 19.1 Å². The van der Waals surface area contributed by atoms with Gasteiger partial charge < -0.3 is 15.2 Å². The summed E-state index contributed by atoms with van der Waals surface area (Å²) in [6, 6.07) is 16.4. The van der Waals surface area contributed by atoms with Crippen LogP contribution < -0.4 is 10.6 Å². The molecular weight excluding hydrogens is 364 g/mol. The lowest BCUT2D eigenvalue weighted by Gasteiger charge is -2.11. The van der Waals surface area contributed by atoms with Crippen LogP contribution in [0.25, 0.3) is 11.3 Å². The lowest BCUT2D eigenvalue weighted by Crippen LogP contribution is -2.05. The molecule has 4 rings (SSSR count). The van der Waals surface area contributed by atoms with E-state index in [1.807, 2.05) is 30.3 Å². The van der Waals surface area contributed by atoms with Gasteiger partial charge in [0.25, 0.3) is 0 Å². The largest absolute Gasteiger partial charge is 0.360 e. The van der Waals surface area contributed by atoms with Gasteiger partial charge in [-0.3, -0.25) is 0 Å². The first-order valence-electron chi connectivity index (χ1n) is 8.44. The first-order valence-corrected chi connectivity index (χ1v) is 8.44. The van der Waals surface area contributed by atoms with E-state index in [2.05, 4.69) is 25.8 Å². The highest BCUT2D eigenvalue weighted by molar-refractivity contribution is 5.68. The maximum absolute atomic E-state index is 14.0. The van der Waals surface area contributed by atoms with Gasteiger partial charge in [0.2, 0.25) is 5.95 Å². The first-order chi connectivity index (χ1) is 13.6. The summed E-state index contributed by atoms with van der Waals surface area (Å²) in [5.41, 5.74) is 1.06. The highest BCUT2D eigenvalue weighted by Gasteiger charge is 2.13. The Morgan fingerprint density at radius 1 is 0.821 bits per heavy atom. The Labute approximate surface area is 159 Å². The fourth-order valence-corrected chi connectivity index (χ4v) is 2.61. The molecule has 0 radical (unpaired) electrons. The summed E-state index contributed by atoms with van der Waals surface area (Å²) in [7, 11) is 0. The molecule has 2 N–H and O–H groups in total. The Hall–Kier alpha value is -3.81. The molecule has 0 fully saturated rings. The van der Waals surface area contributed by atoms with Crippen LogP contribution in [0, 0.1) is 18.6 Å². The van der Waals surface area contributed by atoms with Gasteiger partial charge in [0.05, 0.1) is 5.69 Å². The van der Waals surface area contributed by atoms with Gasteiger partial charge in [0, 0.05) is 17.7 Å². The summed E-state index contributed by atoms with van der Waals surface area (Å²) in [5.74, 6) is 0.0324. The Bertz CT molecular complexity index is 1090. The SMILES string of the molecule is Cc1cc(Nc2cc(-c3ccccc3)nc(Nc3c(F)cccc3F)n2)no1. The minimum atomic E-state index is -0.740. The fraction of sp³-hybridized carbons (Fsp3) is 0.0500. The van der Waals surface area contributed by atoms with Crippen molar-refractivity contribution in [2.45, 2.75) is 6.92 Å². The van der Waals surface area contributed by atoms with Crippen molar-refractivity contribution >= 4 is 23.3 Å². The number of aromatic nitrogens is 3. The monoisotopic (exact) mass is 379 g/mol. The van der Waals surface area contributed by atoms with E-state index in [0.29, 0.717) is 23.1 Å². The zero-order valence-electron chi connectivity index (χ0n) is 14.8. The van der Waals surface area contributed by atoms with E-state index in [1.54, 1.807) is 19.1 Å². The third-order valence-electron chi connectivity index (χ3n) is 3.88. The van der Waals surface area contributed by atoms with Crippen molar-refractivity contribution < 1.29 is 13.3 Å². The van der Waals surface area contributed by atoms with Crippen LogP contribution in [-0.4, -0.2) is 15.1 Å². The number of halogens is 2. The summed E-state index contributed by atoms with van der Waals surface area (Å²) >= 11 is 0. The van der Waals surface area contributed by atoms with Crippen molar-refractivity contribution in [2.75, 3.05) is 10.6 Å². The van der Waals surface area contributed by atoms with Crippen LogP contribution in [0.3, 0.4) is 0 Å². The summed E-state index contributed by atoms with van der Waals surface area (Å²) in [6.45, 7) is 1.77. The van der Waals surface area contributed by atoms with Crippen LogP contribution >= 0.6 is 0 Å². The molecule has 2 heterocycles. The molecule has 0 saturated carbocycles. The summed E-state index contributed by atoms with van der Waals surface area (Å²) < 4.78 is 33.1. The average Bonchev–Trinajstić information content (AvgIpc) is 3.10. The molecule has 2 aromatic heterocycles. The van der Waals surface area contributed by atoms with Crippen LogP contribution in [0.15, 0.2) is 65.2 Å². The highest BCUT2D eigenvalue weighted by Crippen LogP contribution is 2.26. The maximum Gasteiger partial charge on any atom is 0.229 e. The minimum Gasteiger partial charge on any atom is -0.360 e. The summed E-state index contributed by atoms with van der Waals surface area (Å²) in [6.07, 6.45) is 0. The van der Waals surface area contributed by atoms with Gasteiger partial charge in [0.15, 0.2) is 5.82 Å². The number of anilines is 4. The van der Waals surface area contributed by atoms with Crippen LogP contribution in [0.1, 0.15) is 5.76 Å². The second-order valence-corrected chi connectivity index (χ2v) is 6.00. The molecule has 0 saturated heterocycles. The van der Waals surface area contributed by atoms with E-state index >= 15 is 0 Å². The number of aryl methyl sites for hydroxylation is 1. The predicted molar refractivity (Wildman–Crippen MR) is 102 cm³/mol. The lowest BCUT2D eigenvalue weighted by molar-refractivity contribution is 0.400. The maximum atomic E-state index is 14.0. The van der Waals surface area contributed by atoms with Crippen molar-refractivity contribution in [3.63, 3.8) is 0 Å². The predicted octanol–water partition coefficient (Wildman–Crippen LogP) is 5.21. The summed E-state index contributed by atoms with van der Waals surface area (Å²) in [5, 5.41) is 9.50. The normalized spacial score (nSPS) is 10.7. The van der Waals surface area contributed by atoms with Crippen LogP contribution in [0.2, 0.25) is 0 Å². The van der Waals surface area contributed by atoms with E-state index < -0.39 is 11.6 Å². The van der Waals surface area contributed by atoms with Crippen LogP contribution in [0.5, 0.6) is 0 Å². The van der Waals surface area contributed by atoms with Crippen molar-refractivity contribution in [3.05, 3.63) is 78.1 Å². The van der Waals surface area contributed by atoms with Gasteiger partial charge >= 0.3 is 0 Å². The van der Waals surface area contributed by atoms with E-state index in [1.165, 1.54) is 6.07 Å². The van der Waals surface area contributed by atoms with Crippen molar-refractivity contribution in [1.82, 2.24) is 15.1 Å². The molecular formula is C20H15F2N5O. The molecule has 6 nitrogen and oxygen atoms in total. The number of benzene rings is 2. The average molecular weight is 379 g/mol. The molecule has 0 spiro atoms. The number of rotatable bonds is 5. The summed E-state index contributed by atoms with van der Waals surface area (Å²) in [4.78, 5) is 8.68. The molecule has 8 heteroatoms. The molecule has 0 atom stereocenters. The lowest BCUT2D eigenvalue weighted by atomic mass is 10.1. The Morgan fingerprint density at radius 3 is 2.25 bits per heavy atom. The van der Waals surface area contributed by atoms with E-state index in [9.17, 15) is 8.78 Å². The molecule has 4 aromatic rings. The van der Waals surface area contributed by atoms with E-state index in [0.717, 1.165) is 17.7 Å². The number of nitrogens with one attached hydrogen (secondary N) is 2. The van der Waals surface area contributed by atoms with Gasteiger partial charge in [0.1, 0.15) is 28.9 Å². The second kappa shape index (κ2) is 7.43. The van der Waals surface area contributed by atoms with Crippen molar-refractivity contribution in [3.8, 4) is 11.3 Å². The van der Waals surface area contributed by atoms with Crippen molar-refractivity contribution in [2.24, 2.45) is 0 Å². The first kappa shape index (κ1) is 17.6. The fourth-order valence-electron chi connectivity index (χ4n) is 2.61. The zero-order chi connectivity index (χ0) is 19.5. The molecule has 0 bridgehead atoms. The number of hydrogen-bond acceptors (Lipinski definition) is 6. The molecule has 0 amide bonds. The smallest absolute Gasteiger partial charge is 0.229 e. The molecule has 2 aromatic carbocycles. The van der Waals surface area contributed by atoms with Gasteiger partial charge in [-0.2, -0.15) is 4.98 Å². The van der Waals surface area contributed by atoms with Gasteiger partial charge in [-0.15, -0.1) is 0 Å². The Morgan fingerprint density at radius 2 is 1.57 bits per heavy atom. The third-order valence-corrected chi connectivity index (χ3v) is 3.88. The van der Waals surface area contributed by atoms with E-state index in [4.69, 9.17) is 4.52 Å².